The number of aromatic carboxylic acids is 1. The molecule has 18 heavy (non-hydrogen) atoms. The van der Waals surface area contributed by atoms with E-state index < -0.39 is 5.97 Å². The summed E-state index contributed by atoms with van der Waals surface area (Å²) in [4.78, 5) is 12.4. The van der Waals surface area contributed by atoms with Gasteiger partial charge in [-0.15, -0.1) is 11.3 Å². The molecule has 5 heteroatoms. The number of ether oxygens (including phenoxy) is 2. The van der Waals surface area contributed by atoms with E-state index in [1.807, 2.05) is 13.0 Å². The number of carboxylic acids is 1. The van der Waals surface area contributed by atoms with Crippen LogP contribution < -0.4 is 4.74 Å². The average Bonchev–Trinajstić information content (AvgIpc) is 2.73. The smallest absolute Gasteiger partial charge is 0.349 e. The third kappa shape index (κ3) is 4.66. The van der Waals surface area contributed by atoms with Crippen molar-refractivity contribution in [1.29, 1.82) is 0 Å². The van der Waals surface area contributed by atoms with E-state index in [1.54, 1.807) is 0 Å². The second kappa shape index (κ2) is 8.11. The van der Waals surface area contributed by atoms with Crippen LogP contribution in [0, 0.1) is 0 Å². The molecule has 0 radical (unpaired) electrons. The average molecular weight is 272 g/mol. The van der Waals surface area contributed by atoms with Crippen LogP contribution in [0.2, 0.25) is 0 Å². The number of aryl methyl sites for hydroxylation is 1. The molecule has 0 atom stereocenters. The second-order valence-corrected chi connectivity index (χ2v) is 5.00. The molecule has 102 valence electrons. The number of hydrogen-bond acceptors (Lipinski definition) is 4. The number of hydrogen-bond donors (Lipinski definition) is 1. The molecule has 0 unspecified atom stereocenters. The van der Waals surface area contributed by atoms with Gasteiger partial charge < -0.3 is 14.6 Å². The van der Waals surface area contributed by atoms with Gasteiger partial charge in [0.1, 0.15) is 5.75 Å². The number of thiophene rings is 1. The highest BCUT2D eigenvalue weighted by Gasteiger charge is 2.16. The quantitative estimate of drug-likeness (QED) is 0.701. The summed E-state index contributed by atoms with van der Waals surface area (Å²) in [6.45, 7) is 5.84. The van der Waals surface area contributed by atoms with Crippen molar-refractivity contribution in [1.82, 2.24) is 0 Å². The Morgan fingerprint density at radius 1 is 1.39 bits per heavy atom. The number of rotatable bonds is 9. The Morgan fingerprint density at radius 3 is 2.78 bits per heavy atom. The lowest BCUT2D eigenvalue weighted by Gasteiger charge is -2.05. The van der Waals surface area contributed by atoms with Gasteiger partial charge in [0.2, 0.25) is 0 Å². The summed E-state index contributed by atoms with van der Waals surface area (Å²) >= 11 is 1.30. The largest absolute Gasteiger partial charge is 0.492 e. The van der Waals surface area contributed by atoms with Crippen molar-refractivity contribution in [2.45, 2.75) is 33.1 Å². The van der Waals surface area contributed by atoms with E-state index >= 15 is 0 Å². The van der Waals surface area contributed by atoms with Crippen LogP contribution in [0.15, 0.2) is 6.07 Å². The van der Waals surface area contributed by atoms with E-state index in [9.17, 15) is 4.79 Å². The SMILES string of the molecule is CCCc1cc(OCCCOCC)c(C(=O)O)s1. The Morgan fingerprint density at radius 2 is 2.17 bits per heavy atom. The molecule has 0 bridgehead atoms. The zero-order valence-corrected chi connectivity index (χ0v) is 11.7. The Balaban J connectivity index is 2.54. The molecule has 1 rings (SSSR count). The van der Waals surface area contributed by atoms with Crippen molar-refractivity contribution in [3.63, 3.8) is 0 Å². The monoisotopic (exact) mass is 272 g/mol. The van der Waals surface area contributed by atoms with Crippen LogP contribution in [-0.4, -0.2) is 30.9 Å². The predicted octanol–water partition coefficient (Wildman–Crippen LogP) is 3.20. The summed E-state index contributed by atoms with van der Waals surface area (Å²) in [6.07, 6.45) is 2.67. The molecule has 0 aliphatic heterocycles. The maximum absolute atomic E-state index is 11.1. The lowest BCUT2D eigenvalue weighted by atomic mass is 10.3. The van der Waals surface area contributed by atoms with E-state index in [0.717, 1.165) is 24.1 Å². The third-order valence-electron chi connectivity index (χ3n) is 2.33. The highest BCUT2D eigenvalue weighted by Crippen LogP contribution is 2.30. The van der Waals surface area contributed by atoms with Gasteiger partial charge in [0, 0.05) is 24.5 Å². The first kappa shape index (κ1) is 15.0. The van der Waals surface area contributed by atoms with Gasteiger partial charge in [0.15, 0.2) is 4.88 Å². The van der Waals surface area contributed by atoms with Crippen LogP contribution in [-0.2, 0) is 11.2 Å². The molecule has 0 aliphatic rings. The highest BCUT2D eigenvalue weighted by molar-refractivity contribution is 7.14. The van der Waals surface area contributed by atoms with Gasteiger partial charge in [-0.25, -0.2) is 4.79 Å². The first-order valence-electron chi connectivity index (χ1n) is 6.25. The van der Waals surface area contributed by atoms with E-state index in [2.05, 4.69) is 6.92 Å². The van der Waals surface area contributed by atoms with E-state index in [-0.39, 0.29) is 0 Å². The molecule has 0 saturated carbocycles. The lowest BCUT2D eigenvalue weighted by Crippen LogP contribution is -2.04. The zero-order chi connectivity index (χ0) is 13.4. The fraction of sp³-hybridized carbons (Fsp3) is 0.615. The van der Waals surface area contributed by atoms with Gasteiger partial charge >= 0.3 is 5.97 Å². The number of carboxylic acid groups (broad SMARTS) is 1. The van der Waals surface area contributed by atoms with E-state index in [4.69, 9.17) is 14.6 Å². The first-order chi connectivity index (χ1) is 8.69. The molecule has 1 aromatic rings. The molecule has 0 aromatic carbocycles. The minimum atomic E-state index is -0.915. The topological polar surface area (TPSA) is 55.8 Å². The molecular formula is C13H20O4S. The summed E-state index contributed by atoms with van der Waals surface area (Å²) in [5.41, 5.74) is 0. The summed E-state index contributed by atoms with van der Waals surface area (Å²) in [6, 6.07) is 1.85. The molecule has 1 N–H and O–H groups in total. The van der Waals surface area contributed by atoms with Crippen LogP contribution in [0.1, 0.15) is 41.2 Å². The van der Waals surface area contributed by atoms with Crippen molar-refractivity contribution in [2.24, 2.45) is 0 Å². The van der Waals surface area contributed by atoms with Crippen molar-refractivity contribution in [3.05, 3.63) is 15.8 Å². The fourth-order valence-electron chi connectivity index (χ4n) is 1.54. The van der Waals surface area contributed by atoms with Crippen molar-refractivity contribution in [3.8, 4) is 5.75 Å². The van der Waals surface area contributed by atoms with E-state index in [1.165, 1.54) is 11.3 Å². The molecular weight excluding hydrogens is 252 g/mol. The lowest BCUT2D eigenvalue weighted by molar-refractivity contribution is 0.0697. The normalized spacial score (nSPS) is 10.6. The molecule has 0 saturated heterocycles. The molecule has 0 amide bonds. The maximum atomic E-state index is 11.1. The standard InChI is InChI=1S/C13H20O4S/c1-3-6-10-9-11(12(18-10)13(14)15)17-8-5-7-16-4-2/h9H,3-8H2,1-2H3,(H,14,15). The summed E-state index contributed by atoms with van der Waals surface area (Å²) in [7, 11) is 0. The van der Waals surface area contributed by atoms with Gasteiger partial charge in [0.25, 0.3) is 0 Å². The van der Waals surface area contributed by atoms with Gasteiger partial charge in [0.05, 0.1) is 6.61 Å². The molecule has 4 nitrogen and oxygen atoms in total. The minimum absolute atomic E-state index is 0.301. The van der Waals surface area contributed by atoms with Crippen LogP contribution in [0.4, 0.5) is 0 Å². The molecule has 0 spiro atoms. The Hall–Kier alpha value is -1.07. The van der Waals surface area contributed by atoms with Crippen molar-refractivity contribution < 1.29 is 19.4 Å². The van der Waals surface area contributed by atoms with Crippen LogP contribution in [0.25, 0.3) is 0 Å². The minimum Gasteiger partial charge on any atom is -0.492 e. The van der Waals surface area contributed by atoms with Crippen LogP contribution >= 0.6 is 11.3 Å². The fourth-order valence-corrected chi connectivity index (χ4v) is 2.58. The molecule has 0 aliphatic carbocycles. The van der Waals surface area contributed by atoms with Gasteiger partial charge in [-0.05, 0) is 19.4 Å². The van der Waals surface area contributed by atoms with E-state index in [0.29, 0.717) is 30.4 Å². The molecule has 1 heterocycles. The van der Waals surface area contributed by atoms with Crippen molar-refractivity contribution >= 4 is 17.3 Å². The molecule has 0 fully saturated rings. The van der Waals surface area contributed by atoms with Crippen LogP contribution in [0.3, 0.4) is 0 Å². The Labute approximate surface area is 112 Å². The molecule has 1 aromatic heterocycles. The van der Waals surface area contributed by atoms with Crippen LogP contribution in [0.5, 0.6) is 5.75 Å². The zero-order valence-electron chi connectivity index (χ0n) is 10.9. The predicted molar refractivity (Wildman–Crippen MR) is 71.9 cm³/mol. The Bertz CT molecular complexity index is 373. The van der Waals surface area contributed by atoms with Crippen molar-refractivity contribution in [2.75, 3.05) is 19.8 Å². The summed E-state index contributed by atoms with van der Waals surface area (Å²) < 4.78 is 10.7. The first-order valence-corrected chi connectivity index (χ1v) is 7.07. The van der Waals surface area contributed by atoms with Gasteiger partial charge in [-0.3, -0.25) is 0 Å². The summed E-state index contributed by atoms with van der Waals surface area (Å²) in [5.74, 6) is -0.422. The maximum Gasteiger partial charge on any atom is 0.349 e. The van der Waals surface area contributed by atoms with Gasteiger partial charge in [-0.1, -0.05) is 13.3 Å². The van der Waals surface area contributed by atoms with Gasteiger partial charge in [-0.2, -0.15) is 0 Å². The summed E-state index contributed by atoms with van der Waals surface area (Å²) in [5, 5.41) is 9.09. The second-order valence-electron chi connectivity index (χ2n) is 3.86. The number of carbonyl (C=O) groups is 1. The third-order valence-corrected chi connectivity index (χ3v) is 3.50. The Kier molecular flexibility index (Phi) is 6.75. The highest BCUT2D eigenvalue weighted by atomic mass is 32.1.